The Bertz CT molecular complexity index is 1230. The number of nitrogens with zero attached hydrogens (tertiary/aromatic N) is 2. The molecule has 0 unspecified atom stereocenters. The van der Waals surface area contributed by atoms with Crippen LogP contribution in [0.2, 0.25) is 0 Å². The number of anilines is 1. The maximum atomic E-state index is 12.3. The maximum absolute atomic E-state index is 12.3. The van der Waals surface area contributed by atoms with Crippen LogP contribution in [0.15, 0.2) is 41.3 Å². The molecule has 14 nitrogen and oxygen atoms in total. The lowest BCUT2D eigenvalue weighted by Crippen LogP contribution is -2.36. The second-order valence-corrected chi connectivity index (χ2v) is 9.42. The van der Waals surface area contributed by atoms with E-state index in [1.54, 1.807) is 12.1 Å². The molecule has 1 aromatic heterocycles. The highest BCUT2D eigenvalue weighted by Gasteiger charge is 2.43. The van der Waals surface area contributed by atoms with Crippen LogP contribution in [-0.4, -0.2) is 86.0 Å². The Balaban J connectivity index is 1.24. The standard InChI is InChI=1S/C27H35N3O11/c31-16-19-23(35)24(36)25(41-19)30-13-12-20(29-27(30)38)28-21(33)10-7-11-22(34)39-14-5-1-2-6-15-40-26(37)17-8-3-4-9-18(17)32/h3-4,8-9,12-13,19,23-25,31-32,35-36H,1-2,5-7,10-11,14-16H2,(H,28,29,33,38)/t19-,23-,24+,25-/m1/s1. The molecule has 0 radical (unpaired) electrons. The van der Waals surface area contributed by atoms with Crippen LogP contribution in [0.3, 0.4) is 0 Å². The lowest BCUT2D eigenvalue weighted by atomic mass is 10.1. The summed E-state index contributed by atoms with van der Waals surface area (Å²) >= 11 is 0. The molecule has 0 saturated carbocycles. The van der Waals surface area contributed by atoms with E-state index in [2.05, 4.69) is 10.3 Å². The van der Waals surface area contributed by atoms with Crippen molar-refractivity contribution in [3.8, 4) is 5.75 Å². The first-order valence-electron chi connectivity index (χ1n) is 13.3. The Labute approximate surface area is 235 Å². The van der Waals surface area contributed by atoms with Crippen molar-refractivity contribution >= 4 is 23.7 Å². The van der Waals surface area contributed by atoms with Crippen molar-refractivity contribution in [1.29, 1.82) is 0 Å². The van der Waals surface area contributed by atoms with Crippen LogP contribution in [0.5, 0.6) is 5.75 Å². The SMILES string of the molecule is O=C(CCCC(=O)OCCCCCCOC(=O)c1ccccc1O)Nc1ccn([C@@H]2O[C@H](CO)[C@@H](O)[C@@H]2O)c(=O)n1. The van der Waals surface area contributed by atoms with Crippen LogP contribution in [0.25, 0.3) is 0 Å². The minimum Gasteiger partial charge on any atom is -0.507 e. The number of aromatic nitrogens is 2. The number of carbonyl (C=O) groups is 3. The average molecular weight is 578 g/mol. The van der Waals surface area contributed by atoms with Gasteiger partial charge in [0.2, 0.25) is 5.91 Å². The van der Waals surface area contributed by atoms with Crippen molar-refractivity contribution in [2.45, 2.75) is 69.5 Å². The first kappa shape index (κ1) is 31.7. The molecule has 224 valence electrons. The van der Waals surface area contributed by atoms with Gasteiger partial charge >= 0.3 is 17.6 Å². The van der Waals surface area contributed by atoms with E-state index in [4.69, 9.17) is 14.2 Å². The number of para-hydroxylation sites is 1. The summed E-state index contributed by atoms with van der Waals surface area (Å²) in [5.74, 6) is -1.63. The molecule has 1 fully saturated rings. The average Bonchev–Trinajstić information content (AvgIpc) is 3.23. The number of ether oxygens (including phenoxy) is 3. The van der Waals surface area contributed by atoms with Gasteiger partial charge in [-0.15, -0.1) is 0 Å². The van der Waals surface area contributed by atoms with Gasteiger partial charge in [-0.25, -0.2) is 9.59 Å². The van der Waals surface area contributed by atoms with Gasteiger partial charge in [-0.2, -0.15) is 4.98 Å². The molecule has 4 atom stereocenters. The van der Waals surface area contributed by atoms with Crippen LogP contribution in [-0.2, 0) is 23.8 Å². The molecule has 1 amide bonds. The zero-order valence-electron chi connectivity index (χ0n) is 22.4. The minimum atomic E-state index is -1.44. The number of hydrogen-bond donors (Lipinski definition) is 5. The number of unbranched alkanes of at least 4 members (excludes halogenated alkanes) is 3. The summed E-state index contributed by atoms with van der Waals surface area (Å²) in [5, 5.41) is 41.2. The Morgan fingerprint density at radius 3 is 2.32 bits per heavy atom. The number of aliphatic hydroxyl groups is 3. The number of benzene rings is 1. The third-order valence-corrected chi connectivity index (χ3v) is 6.33. The number of rotatable bonds is 15. The number of phenols is 1. The molecule has 1 aromatic carbocycles. The molecule has 41 heavy (non-hydrogen) atoms. The van der Waals surface area contributed by atoms with Gasteiger partial charge in [0.15, 0.2) is 6.23 Å². The van der Waals surface area contributed by atoms with Crippen molar-refractivity contribution < 1.29 is 49.0 Å². The molecule has 3 rings (SSSR count). The van der Waals surface area contributed by atoms with Gasteiger partial charge in [0.25, 0.3) is 0 Å². The van der Waals surface area contributed by atoms with Gasteiger partial charge in [0.05, 0.1) is 19.8 Å². The summed E-state index contributed by atoms with van der Waals surface area (Å²) in [6.45, 7) is -0.0858. The zero-order chi connectivity index (χ0) is 29.8. The molecule has 0 aliphatic carbocycles. The van der Waals surface area contributed by atoms with Crippen LogP contribution >= 0.6 is 0 Å². The fourth-order valence-corrected chi connectivity index (χ4v) is 4.09. The second kappa shape index (κ2) is 15.8. The lowest BCUT2D eigenvalue weighted by Gasteiger charge is -2.17. The van der Waals surface area contributed by atoms with E-state index in [1.807, 2.05) is 0 Å². The number of carbonyl (C=O) groups excluding carboxylic acids is 3. The van der Waals surface area contributed by atoms with Crippen molar-refractivity contribution in [2.75, 3.05) is 25.1 Å². The van der Waals surface area contributed by atoms with Crippen LogP contribution in [0, 0.1) is 0 Å². The summed E-state index contributed by atoms with van der Waals surface area (Å²) in [6.07, 6.45) is -0.788. The van der Waals surface area contributed by atoms with E-state index < -0.39 is 54.7 Å². The molecule has 0 spiro atoms. The summed E-state index contributed by atoms with van der Waals surface area (Å²) < 4.78 is 16.5. The van der Waals surface area contributed by atoms with Crippen LogP contribution in [0.1, 0.15) is 61.5 Å². The van der Waals surface area contributed by atoms with Crippen LogP contribution < -0.4 is 11.0 Å². The summed E-state index contributed by atoms with van der Waals surface area (Å²) in [6, 6.07) is 7.47. The summed E-state index contributed by atoms with van der Waals surface area (Å²) in [5.41, 5.74) is -0.718. The fourth-order valence-electron chi connectivity index (χ4n) is 4.09. The number of amides is 1. The zero-order valence-corrected chi connectivity index (χ0v) is 22.4. The molecule has 2 aromatic rings. The predicted molar refractivity (Wildman–Crippen MR) is 142 cm³/mol. The molecule has 0 bridgehead atoms. The Kier molecular flexibility index (Phi) is 12.2. The van der Waals surface area contributed by atoms with E-state index >= 15 is 0 Å². The molecule has 5 N–H and O–H groups in total. The highest BCUT2D eigenvalue weighted by molar-refractivity contribution is 5.92. The molecule has 14 heteroatoms. The number of nitrogens with one attached hydrogen (secondary N) is 1. The van der Waals surface area contributed by atoms with Gasteiger partial charge in [0.1, 0.15) is 35.4 Å². The number of hydrogen-bond acceptors (Lipinski definition) is 12. The third kappa shape index (κ3) is 9.35. The van der Waals surface area contributed by atoms with E-state index in [9.17, 15) is 39.6 Å². The van der Waals surface area contributed by atoms with Crippen molar-refractivity contribution in [3.05, 3.63) is 52.6 Å². The lowest BCUT2D eigenvalue weighted by molar-refractivity contribution is -0.143. The smallest absolute Gasteiger partial charge is 0.351 e. The van der Waals surface area contributed by atoms with Crippen LogP contribution in [0.4, 0.5) is 5.82 Å². The highest BCUT2D eigenvalue weighted by Crippen LogP contribution is 2.28. The molecular weight excluding hydrogens is 542 g/mol. The van der Waals surface area contributed by atoms with Gasteiger partial charge in [-0.1, -0.05) is 12.1 Å². The summed E-state index contributed by atoms with van der Waals surface area (Å²) in [4.78, 5) is 52.0. The Morgan fingerprint density at radius 1 is 0.951 bits per heavy atom. The highest BCUT2D eigenvalue weighted by atomic mass is 16.6. The molecule has 2 heterocycles. The van der Waals surface area contributed by atoms with Crippen molar-refractivity contribution in [1.82, 2.24) is 9.55 Å². The summed E-state index contributed by atoms with van der Waals surface area (Å²) in [7, 11) is 0. The maximum Gasteiger partial charge on any atom is 0.351 e. The molecule has 1 aliphatic heterocycles. The van der Waals surface area contributed by atoms with Crippen molar-refractivity contribution in [3.63, 3.8) is 0 Å². The number of esters is 2. The van der Waals surface area contributed by atoms with Gasteiger partial charge in [0, 0.05) is 19.0 Å². The molecular formula is C27H35N3O11. The Morgan fingerprint density at radius 2 is 1.66 bits per heavy atom. The van der Waals surface area contributed by atoms with Gasteiger partial charge in [-0.3, -0.25) is 14.2 Å². The predicted octanol–water partition coefficient (Wildman–Crippen LogP) is 0.630. The Hall–Kier alpha value is -3.85. The monoisotopic (exact) mass is 577 g/mol. The first-order chi connectivity index (χ1) is 19.7. The van der Waals surface area contributed by atoms with Gasteiger partial charge < -0.3 is 40.0 Å². The second-order valence-electron chi connectivity index (χ2n) is 9.42. The number of aliphatic hydroxyl groups excluding tert-OH is 3. The van der Waals surface area contributed by atoms with E-state index in [0.717, 1.165) is 17.4 Å². The molecule has 1 saturated heterocycles. The third-order valence-electron chi connectivity index (χ3n) is 6.33. The quantitative estimate of drug-likeness (QED) is 0.146. The largest absolute Gasteiger partial charge is 0.507 e. The molecule has 1 aliphatic rings. The number of phenolic OH excluding ortho intramolecular Hbond substituents is 1. The van der Waals surface area contributed by atoms with E-state index in [0.29, 0.717) is 12.8 Å². The fraction of sp³-hybridized carbons (Fsp3) is 0.519. The first-order valence-corrected chi connectivity index (χ1v) is 13.3. The number of aromatic hydroxyl groups is 1. The topological polar surface area (TPSA) is 207 Å². The van der Waals surface area contributed by atoms with E-state index in [-0.39, 0.29) is 49.6 Å². The van der Waals surface area contributed by atoms with Crippen molar-refractivity contribution in [2.24, 2.45) is 0 Å². The van der Waals surface area contributed by atoms with E-state index in [1.165, 1.54) is 24.4 Å². The van der Waals surface area contributed by atoms with Gasteiger partial charge in [-0.05, 0) is 50.3 Å². The normalized spacial score (nSPS) is 20.0. The minimum absolute atomic E-state index is 0.00579.